The van der Waals surface area contributed by atoms with Crippen molar-refractivity contribution in [2.75, 3.05) is 5.32 Å². The first-order valence-corrected chi connectivity index (χ1v) is 10.5. The molecule has 0 saturated heterocycles. The highest BCUT2D eigenvalue weighted by molar-refractivity contribution is 6.48. The number of imidazole rings is 1. The minimum atomic E-state index is -0.724. The SMILES string of the molecule is Cn1c(NC(=O)C(=O)c2cn(Cc3ccc(Cl)cc3)c3ccccc23)nc2ccccc21. The molecule has 0 spiro atoms. The lowest BCUT2D eigenvalue weighted by Gasteiger charge is -2.05. The van der Waals surface area contributed by atoms with Crippen molar-refractivity contribution < 1.29 is 9.59 Å². The fourth-order valence-corrected chi connectivity index (χ4v) is 4.01. The molecule has 6 nitrogen and oxygen atoms in total. The van der Waals surface area contributed by atoms with Crippen molar-refractivity contribution in [3.05, 3.63) is 95.1 Å². The normalized spacial score (nSPS) is 11.2. The maximum atomic E-state index is 13.1. The third-order valence-corrected chi connectivity index (χ3v) is 5.77. The third kappa shape index (κ3) is 3.55. The Labute approximate surface area is 189 Å². The van der Waals surface area contributed by atoms with Crippen LogP contribution in [0.3, 0.4) is 0 Å². The van der Waals surface area contributed by atoms with Crippen molar-refractivity contribution >= 4 is 51.2 Å². The highest BCUT2D eigenvalue weighted by Crippen LogP contribution is 2.24. The largest absolute Gasteiger partial charge is 0.342 e. The summed E-state index contributed by atoms with van der Waals surface area (Å²) in [5, 5.41) is 4.06. The predicted molar refractivity (Wildman–Crippen MR) is 126 cm³/mol. The number of amides is 1. The third-order valence-electron chi connectivity index (χ3n) is 5.52. The van der Waals surface area contributed by atoms with Crippen LogP contribution in [0, 0.1) is 0 Å². The number of fused-ring (bicyclic) bond motifs is 2. The summed E-state index contributed by atoms with van der Waals surface area (Å²) in [7, 11) is 1.80. The predicted octanol–water partition coefficient (Wildman–Crippen LogP) is 5.05. The van der Waals surface area contributed by atoms with E-state index < -0.39 is 11.7 Å². The van der Waals surface area contributed by atoms with E-state index in [0.29, 0.717) is 23.1 Å². The molecule has 5 rings (SSSR count). The number of nitrogens with one attached hydrogen (secondary N) is 1. The number of halogens is 1. The van der Waals surface area contributed by atoms with Crippen LogP contribution in [0.1, 0.15) is 15.9 Å². The van der Waals surface area contributed by atoms with E-state index in [9.17, 15) is 9.59 Å². The van der Waals surface area contributed by atoms with Gasteiger partial charge in [0.05, 0.1) is 16.6 Å². The van der Waals surface area contributed by atoms with Gasteiger partial charge in [0.25, 0.3) is 11.7 Å². The Kier molecular flexibility index (Phi) is 4.99. The van der Waals surface area contributed by atoms with Crippen molar-refractivity contribution in [2.45, 2.75) is 6.54 Å². The second-order valence-electron chi connectivity index (χ2n) is 7.58. The molecule has 158 valence electrons. The Morgan fingerprint density at radius 3 is 2.38 bits per heavy atom. The highest BCUT2D eigenvalue weighted by atomic mass is 35.5. The number of hydrogen-bond donors (Lipinski definition) is 1. The van der Waals surface area contributed by atoms with Crippen LogP contribution in [0.5, 0.6) is 0 Å². The smallest absolute Gasteiger partial charge is 0.299 e. The zero-order valence-corrected chi connectivity index (χ0v) is 18.0. The maximum Gasteiger partial charge on any atom is 0.299 e. The quantitative estimate of drug-likeness (QED) is 0.306. The first-order valence-electron chi connectivity index (χ1n) is 10.1. The number of Topliss-reactive ketones (excluding diaryl/α,β-unsaturated/α-hetero) is 1. The molecular weight excluding hydrogens is 424 g/mol. The molecular formula is C25H19ClN4O2. The summed E-state index contributed by atoms with van der Waals surface area (Å²) < 4.78 is 3.72. The molecule has 0 atom stereocenters. The molecule has 5 aromatic rings. The summed E-state index contributed by atoms with van der Waals surface area (Å²) in [6.07, 6.45) is 1.73. The van der Waals surface area contributed by atoms with Gasteiger partial charge in [-0.25, -0.2) is 4.98 Å². The van der Waals surface area contributed by atoms with Crippen LogP contribution in [0.2, 0.25) is 5.02 Å². The number of hydrogen-bond acceptors (Lipinski definition) is 3. The van der Waals surface area contributed by atoms with Gasteiger partial charge in [-0.15, -0.1) is 0 Å². The first kappa shape index (κ1) is 20.0. The van der Waals surface area contributed by atoms with Crippen LogP contribution in [0.25, 0.3) is 21.9 Å². The number of aryl methyl sites for hydroxylation is 1. The second kappa shape index (κ2) is 7.98. The number of benzene rings is 3. The zero-order valence-electron chi connectivity index (χ0n) is 17.2. The Balaban J connectivity index is 1.46. The average molecular weight is 443 g/mol. The highest BCUT2D eigenvalue weighted by Gasteiger charge is 2.23. The molecule has 1 amide bonds. The van der Waals surface area contributed by atoms with E-state index >= 15 is 0 Å². The number of carbonyl (C=O) groups is 2. The molecule has 0 unspecified atom stereocenters. The van der Waals surface area contributed by atoms with E-state index in [1.807, 2.05) is 77.4 Å². The van der Waals surface area contributed by atoms with E-state index in [1.165, 1.54) is 0 Å². The lowest BCUT2D eigenvalue weighted by atomic mass is 10.1. The summed E-state index contributed by atoms with van der Waals surface area (Å²) >= 11 is 5.99. The molecule has 0 aliphatic carbocycles. The lowest BCUT2D eigenvalue weighted by molar-refractivity contribution is -0.112. The minimum absolute atomic E-state index is 0.328. The number of aromatic nitrogens is 3. The molecule has 2 aromatic heterocycles. The maximum absolute atomic E-state index is 13.1. The van der Waals surface area contributed by atoms with Gasteiger partial charge in [-0.3, -0.25) is 14.9 Å². The Bertz CT molecular complexity index is 1480. The lowest BCUT2D eigenvalue weighted by Crippen LogP contribution is -2.24. The molecule has 0 saturated carbocycles. The Morgan fingerprint density at radius 1 is 0.938 bits per heavy atom. The van der Waals surface area contributed by atoms with Gasteiger partial charge in [0.1, 0.15) is 0 Å². The zero-order chi connectivity index (χ0) is 22.2. The number of para-hydroxylation sites is 3. The van der Waals surface area contributed by atoms with E-state index in [1.54, 1.807) is 17.8 Å². The van der Waals surface area contributed by atoms with E-state index in [-0.39, 0.29) is 0 Å². The molecule has 32 heavy (non-hydrogen) atoms. The summed E-state index contributed by atoms with van der Waals surface area (Å²) in [5.74, 6) is -1.00. The molecule has 0 fully saturated rings. The molecule has 3 aromatic carbocycles. The van der Waals surface area contributed by atoms with Crippen molar-refractivity contribution in [3.63, 3.8) is 0 Å². The number of rotatable bonds is 5. The average Bonchev–Trinajstić information content (AvgIpc) is 3.33. The Morgan fingerprint density at radius 2 is 1.62 bits per heavy atom. The summed E-state index contributed by atoms with van der Waals surface area (Å²) in [6, 6.07) is 22.6. The standard InChI is InChI=1S/C25H19ClN4O2/c1-29-22-9-5-3-7-20(22)27-25(29)28-24(32)23(31)19-15-30(21-8-4-2-6-18(19)21)14-16-10-12-17(26)13-11-16/h2-13,15H,14H2,1H3,(H,27,28,32). The van der Waals surface area contributed by atoms with Crippen molar-refractivity contribution in [1.82, 2.24) is 14.1 Å². The van der Waals surface area contributed by atoms with E-state index in [4.69, 9.17) is 11.6 Å². The molecule has 7 heteroatoms. The van der Waals surface area contributed by atoms with Crippen molar-refractivity contribution in [2.24, 2.45) is 7.05 Å². The Hall–Kier alpha value is -3.90. The number of anilines is 1. The van der Waals surface area contributed by atoms with E-state index in [2.05, 4.69) is 10.3 Å². The fourth-order valence-electron chi connectivity index (χ4n) is 3.88. The van der Waals surface area contributed by atoms with Gasteiger partial charge in [0.2, 0.25) is 5.95 Å². The van der Waals surface area contributed by atoms with Gasteiger partial charge in [-0.1, -0.05) is 54.1 Å². The van der Waals surface area contributed by atoms with Gasteiger partial charge < -0.3 is 9.13 Å². The summed E-state index contributed by atoms with van der Waals surface area (Å²) in [5.41, 5.74) is 3.89. The number of ketones is 1. The van der Waals surface area contributed by atoms with Crippen LogP contribution >= 0.6 is 11.6 Å². The van der Waals surface area contributed by atoms with Crippen LogP contribution in [0.4, 0.5) is 5.95 Å². The number of carbonyl (C=O) groups excluding carboxylic acids is 2. The molecule has 2 heterocycles. The topological polar surface area (TPSA) is 68.9 Å². The van der Waals surface area contributed by atoms with Gasteiger partial charge in [-0.05, 0) is 35.9 Å². The monoisotopic (exact) mass is 442 g/mol. The molecule has 1 N–H and O–H groups in total. The summed E-state index contributed by atoms with van der Waals surface area (Å²) in [6.45, 7) is 0.553. The van der Waals surface area contributed by atoms with Gasteiger partial charge >= 0.3 is 0 Å². The van der Waals surface area contributed by atoms with Crippen LogP contribution in [-0.2, 0) is 18.4 Å². The first-order chi connectivity index (χ1) is 15.5. The molecule has 0 bridgehead atoms. The second-order valence-corrected chi connectivity index (χ2v) is 8.02. The number of nitrogens with zero attached hydrogens (tertiary/aromatic N) is 3. The minimum Gasteiger partial charge on any atom is -0.342 e. The van der Waals surface area contributed by atoms with Crippen molar-refractivity contribution in [1.29, 1.82) is 0 Å². The summed E-state index contributed by atoms with van der Waals surface area (Å²) in [4.78, 5) is 30.4. The van der Waals surface area contributed by atoms with Gasteiger partial charge in [0, 0.05) is 35.7 Å². The fraction of sp³-hybridized carbons (Fsp3) is 0.0800. The van der Waals surface area contributed by atoms with Crippen LogP contribution < -0.4 is 5.32 Å². The van der Waals surface area contributed by atoms with Gasteiger partial charge in [0.15, 0.2) is 0 Å². The molecule has 0 aliphatic heterocycles. The van der Waals surface area contributed by atoms with Crippen LogP contribution in [0.15, 0.2) is 79.0 Å². The van der Waals surface area contributed by atoms with Crippen molar-refractivity contribution in [3.8, 4) is 0 Å². The van der Waals surface area contributed by atoms with Crippen LogP contribution in [-0.4, -0.2) is 25.8 Å². The molecule has 0 aliphatic rings. The molecule has 0 radical (unpaired) electrons. The van der Waals surface area contributed by atoms with E-state index in [0.717, 1.165) is 27.5 Å². The van der Waals surface area contributed by atoms with Gasteiger partial charge in [-0.2, -0.15) is 0 Å².